The smallest absolute Gasteiger partial charge is 0.414 e. The van der Waals surface area contributed by atoms with Gasteiger partial charge in [-0.25, -0.2) is 9.59 Å². The predicted octanol–water partition coefficient (Wildman–Crippen LogP) is 3.10. The van der Waals surface area contributed by atoms with E-state index in [1.807, 2.05) is 54.8 Å². The van der Waals surface area contributed by atoms with E-state index in [0.717, 1.165) is 22.3 Å². The molecule has 0 radical (unpaired) electrons. The number of aromatic amines is 1. The molecular formula is C23H23N5O5S. The molecule has 1 heterocycles. The van der Waals surface area contributed by atoms with Gasteiger partial charge in [0.1, 0.15) is 12.6 Å². The van der Waals surface area contributed by atoms with Gasteiger partial charge in [0.25, 0.3) is 11.9 Å². The summed E-state index contributed by atoms with van der Waals surface area (Å²) in [5.74, 6) is -1.77. The van der Waals surface area contributed by atoms with E-state index >= 15 is 0 Å². The Labute approximate surface area is 199 Å². The first-order valence-electron chi connectivity index (χ1n) is 10.5. The number of rotatable bonds is 9. The molecule has 0 aliphatic heterocycles. The quantitative estimate of drug-likeness (QED) is 0.365. The van der Waals surface area contributed by atoms with Crippen LogP contribution in [-0.4, -0.2) is 62.9 Å². The molecule has 1 aliphatic rings. The number of carbonyl (C=O) groups is 3. The molecule has 0 saturated carbocycles. The number of carbonyl (C=O) groups excluding carboxylic acids is 2. The number of amides is 2. The standard InChI is InChI=1S/C23H23N5O5S/c1-34-11-10-18(21(30)31)24-20(29)19-25-22(28-27-19)26-23(32)33-12-17-15-8-4-2-6-13(15)14-7-3-5-9-16(14)17/h2-9,17-18H,10-12H2,1H3,(H,24,29)(H,30,31)(H2,25,26,27,28,32)/t18-/m1/s1. The molecule has 0 bridgehead atoms. The van der Waals surface area contributed by atoms with Gasteiger partial charge in [0.2, 0.25) is 5.82 Å². The normalized spacial score (nSPS) is 13.0. The maximum absolute atomic E-state index is 12.3. The van der Waals surface area contributed by atoms with E-state index < -0.39 is 24.0 Å². The van der Waals surface area contributed by atoms with Gasteiger partial charge in [-0.05, 0) is 40.7 Å². The highest BCUT2D eigenvalue weighted by molar-refractivity contribution is 7.98. The zero-order valence-electron chi connectivity index (χ0n) is 18.3. The van der Waals surface area contributed by atoms with E-state index in [2.05, 4.69) is 25.8 Å². The molecule has 0 unspecified atom stereocenters. The van der Waals surface area contributed by atoms with Crippen LogP contribution in [-0.2, 0) is 9.53 Å². The van der Waals surface area contributed by atoms with E-state index in [0.29, 0.717) is 5.75 Å². The molecule has 176 valence electrons. The lowest BCUT2D eigenvalue weighted by atomic mass is 9.98. The number of aliphatic carboxylic acids is 1. The first kappa shape index (κ1) is 23.3. The van der Waals surface area contributed by atoms with Gasteiger partial charge in [0, 0.05) is 5.92 Å². The Morgan fingerprint density at radius 2 is 1.76 bits per heavy atom. The van der Waals surface area contributed by atoms with Crippen molar-refractivity contribution in [3.05, 3.63) is 65.5 Å². The van der Waals surface area contributed by atoms with Crippen LogP contribution in [0.2, 0.25) is 0 Å². The highest BCUT2D eigenvalue weighted by Gasteiger charge is 2.29. The number of carboxylic acid groups (broad SMARTS) is 1. The first-order valence-corrected chi connectivity index (χ1v) is 11.9. The van der Waals surface area contributed by atoms with Crippen molar-refractivity contribution in [1.82, 2.24) is 20.5 Å². The molecule has 0 fully saturated rings. The van der Waals surface area contributed by atoms with Gasteiger partial charge >= 0.3 is 12.1 Å². The lowest BCUT2D eigenvalue weighted by Gasteiger charge is -2.14. The summed E-state index contributed by atoms with van der Waals surface area (Å²) in [7, 11) is 0. The molecule has 2 amide bonds. The highest BCUT2D eigenvalue weighted by atomic mass is 32.2. The zero-order valence-corrected chi connectivity index (χ0v) is 19.1. The molecule has 11 heteroatoms. The molecular weight excluding hydrogens is 458 g/mol. The van der Waals surface area contributed by atoms with Crippen LogP contribution in [0.15, 0.2) is 48.5 Å². The number of carboxylic acids is 1. The number of nitrogens with zero attached hydrogens (tertiary/aromatic N) is 2. The van der Waals surface area contributed by atoms with E-state index in [9.17, 15) is 19.5 Å². The summed E-state index contributed by atoms with van der Waals surface area (Å²) in [6.45, 7) is 0.118. The van der Waals surface area contributed by atoms with Gasteiger partial charge in [-0.2, -0.15) is 16.7 Å². The van der Waals surface area contributed by atoms with Gasteiger partial charge in [-0.3, -0.25) is 15.2 Å². The van der Waals surface area contributed by atoms with Crippen molar-refractivity contribution in [3.8, 4) is 11.1 Å². The average Bonchev–Trinajstić information content (AvgIpc) is 3.43. The van der Waals surface area contributed by atoms with Crippen molar-refractivity contribution in [2.45, 2.75) is 18.4 Å². The molecule has 0 spiro atoms. The molecule has 1 aliphatic carbocycles. The fourth-order valence-electron chi connectivity index (χ4n) is 3.86. The minimum atomic E-state index is -1.14. The summed E-state index contributed by atoms with van der Waals surface area (Å²) in [4.78, 5) is 39.9. The molecule has 3 aromatic rings. The minimum Gasteiger partial charge on any atom is -0.480 e. The topological polar surface area (TPSA) is 146 Å². The summed E-state index contributed by atoms with van der Waals surface area (Å²) < 4.78 is 5.43. The van der Waals surface area contributed by atoms with E-state index in [1.165, 1.54) is 11.8 Å². The van der Waals surface area contributed by atoms with Crippen LogP contribution in [0.3, 0.4) is 0 Å². The van der Waals surface area contributed by atoms with Crippen molar-refractivity contribution in [2.75, 3.05) is 23.9 Å². The molecule has 2 aromatic carbocycles. The SMILES string of the molecule is CSCC[C@@H](NC(=O)c1nc(NC(=O)OCC2c3ccccc3-c3ccccc32)n[nH]1)C(=O)O. The number of thioether (sulfide) groups is 1. The Bertz CT molecular complexity index is 1170. The third-order valence-corrected chi connectivity index (χ3v) is 6.12. The van der Waals surface area contributed by atoms with Crippen LogP contribution in [0.25, 0.3) is 11.1 Å². The second-order valence-corrected chi connectivity index (χ2v) is 8.59. The Balaban J connectivity index is 1.35. The minimum absolute atomic E-state index is 0.0964. The monoisotopic (exact) mass is 481 g/mol. The maximum Gasteiger partial charge on any atom is 0.414 e. The number of nitrogens with one attached hydrogen (secondary N) is 3. The second kappa shape index (κ2) is 10.4. The Kier molecular flexibility index (Phi) is 7.12. The number of ether oxygens (including phenoxy) is 1. The van der Waals surface area contributed by atoms with E-state index in [-0.39, 0.29) is 30.7 Å². The van der Waals surface area contributed by atoms with Crippen molar-refractivity contribution in [1.29, 1.82) is 0 Å². The lowest BCUT2D eigenvalue weighted by molar-refractivity contribution is -0.139. The first-order chi connectivity index (χ1) is 16.5. The molecule has 0 saturated heterocycles. The van der Waals surface area contributed by atoms with Gasteiger partial charge in [0.05, 0.1) is 0 Å². The summed E-state index contributed by atoms with van der Waals surface area (Å²) >= 11 is 1.48. The fraction of sp³-hybridized carbons (Fsp3) is 0.261. The Morgan fingerprint density at radius 1 is 1.12 bits per heavy atom. The van der Waals surface area contributed by atoms with Crippen molar-refractivity contribution in [2.24, 2.45) is 0 Å². The van der Waals surface area contributed by atoms with Crippen LogP contribution in [0.1, 0.15) is 34.1 Å². The van der Waals surface area contributed by atoms with E-state index in [4.69, 9.17) is 4.74 Å². The molecule has 10 nitrogen and oxygen atoms in total. The summed E-state index contributed by atoms with van der Waals surface area (Å²) in [5, 5.41) is 20.2. The number of H-pyrrole nitrogens is 1. The van der Waals surface area contributed by atoms with Gasteiger partial charge in [0.15, 0.2) is 0 Å². The van der Waals surface area contributed by atoms with Crippen LogP contribution in [0.5, 0.6) is 0 Å². The van der Waals surface area contributed by atoms with E-state index in [1.54, 1.807) is 0 Å². The van der Waals surface area contributed by atoms with Crippen LogP contribution in [0, 0.1) is 0 Å². The van der Waals surface area contributed by atoms with Gasteiger partial charge < -0.3 is 15.2 Å². The lowest BCUT2D eigenvalue weighted by Crippen LogP contribution is -2.41. The van der Waals surface area contributed by atoms with Gasteiger partial charge in [-0.1, -0.05) is 48.5 Å². The Hall–Kier alpha value is -3.86. The summed E-state index contributed by atoms with van der Waals surface area (Å²) in [6.07, 6.45) is 1.34. The second-order valence-electron chi connectivity index (χ2n) is 7.60. The molecule has 1 atom stereocenters. The summed E-state index contributed by atoms with van der Waals surface area (Å²) in [5.41, 5.74) is 4.41. The van der Waals surface area contributed by atoms with Crippen molar-refractivity contribution in [3.63, 3.8) is 0 Å². The maximum atomic E-state index is 12.3. The van der Waals surface area contributed by atoms with Gasteiger partial charge in [-0.15, -0.1) is 5.10 Å². The predicted molar refractivity (Wildman–Crippen MR) is 127 cm³/mol. The molecule has 4 rings (SSSR count). The van der Waals surface area contributed by atoms with Crippen LogP contribution >= 0.6 is 11.8 Å². The van der Waals surface area contributed by atoms with Crippen LogP contribution < -0.4 is 10.6 Å². The zero-order chi connectivity index (χ0) is 24.1. The number of anilines is 1. The average molecular weight is 482 g/mol. The van der Waals surface area contributed by atoms with Crippen molar-refractivity contribution >= 4 is 35.7 Å². The number of hydrogen-bond donors (Lipinski definition) is 4. The molecule has 1 aromatic heterocycles. The molecule has 34 heavy (non-hydrogen) atoms. The number of aromatic nitrogens is 3. The number of benzene rings is 2. The number of hydrogen-bond acceptors (Lipinski definition) is 7. The highest BCUT2D eigenvalue weighted by Crippen LogP contribution is 2.44. The summed E-state index contributed by atoms with van der Waals surface area (Å²) in [6, 6.07) is 14.9. The third kappa shape index (κ3) is 5.04. The van der Waals surface area contributed by atoms with Crippen LogP contribution in [0.4, 0.5) is 10.7 Å². The van der Waals surface area contributed by atoms with Crippen molar-refractivity contribution < 1.29 is 24.2 Å². The fourth-order valence-corrected chi connectivity index (χ4v) is 4.34. The molecule has 4 N–H and O–H groups in total. The number of fused-ring (bicyclic) bond motifs is 3. The largest absolute Gasteiger partial charge is 0.480 e. The Morgan fingerprint density at radius 3 is 2.38 bits per heavy atom. The third-order valence-electron chi connectivity index (χ3n) is 5.47.